The fourth-order valence-electron chi connectivity index (χ4n) is 13.4. The molecule has 716 valence electrons. The van der Waals surface area contributed by atoms with E-state index in [4.69, 9.17) is 0 Å². The Kier molecular flexibility index (Phi) is 77.7. The minimum absolute atomic E-state index is 0.130. The molecule has 17 heteroatoms. The number of unbranched alkanes of at least 4 members (excludes halogenated alkanes) is 16. The first-order chi connectivity index (χ1) is 54.2. The zero-order valence-corrected chi connectivity index (χ0v) is 87.7. The molecular weight excluding hydrogens is 1450 g/mol. The van der Waals surface area contributed by atoms with Crippen LogP contribution in [0.1, 0.15) is 430 Å². The van der Waals surface area contributed by atoms with Gasteiger partial charge in [-0.1, -0.05) is 173 Å². The Labute approximate surface area is 743 Å². The van der Waals surface area contributed by atoms with E-state index in [2.05, 4.69) is 333 Å². The van der Waals surface area contributed by atoms with Gasteiger partial charge in [-0.3, -0.25) is 4.79 Å². The molecule has 1 saturated carbocycles. The lowest BCUT2D eigenvalue weighted by atomic mass is 9.82. The molecule has 2 fully saturated rings. The van der Waals surface area contributed by atoms with Gasteiger partial charge in [-0.15, -0.1) is 0 Å². The van der Waals surface area contributed by atoms with Crippen molar-refractivity contribution >= 4 is 5.78 Å². The zero-order valence-electron chi connectivity index (χ0n) is 87.7. The Morgan fingerprint density at radius 2 is 0.492 bits per heavy atom. The second-order valence-corrected chi connectivity index (χ2v) is 46.2. The van der Waals surface area contributed by atoms with Gasteiger partial charge in [-0.25, -0.2) is 0 Å². The van der Waals surface area contributed by atoms with E-state index >= 15 is 0 Å². The van der Waals surface area contributed by atoms with E-state index in [-0.39, 0.29) is 55.6 Å². The van der Waals surface area contributed by atoms with E-state index in [0.29, 0.717) is 49.2 Å². The van der Waals surface area contributed by atoms with Crippen LogP contribution in [0.4, 0.5) is 0 Å². The highest BCUT2D eigenvalue weighted by Crippen LogP contribution is 2.28. The van der Waals surface area contributed by atoms with Gasteiger partial charge in [-0.2, -0.15) is 0 Å². The normalized spacial score (nSPS) is 15.7. The van der Waals surface area contributed by atoms with Crippen LogP contribution in [0.25, 0.3) is 0 Å². The molecule has 1 aliphatic carbocycles. The van der Waals surface area contributed by atoms with Gasteiger partial charge in [0.2, 0.25) is 0 Å². The average molecular weight is 1680 g/mol. The van der Waals surface area contributed by atoms with Gasteiger partial charge in [-0.05, 0) is 341 Å². The molecule has 0 aromatic heterocycles. The predicted octanol–water partition coefficient (Wildman–Crippen LogP) is 20.4. The number of carbonyl (C=O) groups excluding carboxylic acids is 1. The SMILES string of the molecule is CC(C)(C)NCC(C)(C)NC(C)(C)C.CC(C)(C)NCCCCCCCCCCCCNC(C)(C)C.CC(C)(C)NCCCCCCCCCCNC(C)(C)C.CC(C)(C)NCCCN1CCN(CCCNC(C)(C)C)CC1.CC(C)NCC1CCC(CNC(C)C)CC1.CC(C)NCCC(=O)CNC(C)C.CC(C)NCCCNC(C)C. The third-order valence-electron chi connectivity index (χ3n) is 19.9. The van der Waals surface area contributed by atoms with Gasteiger partial charge in [0.1, 0.15) is 5.78 Å². The predicted molar refractivity (Wildman–Crippen MR) is 535 cm³/mol. The Balaban J connectivity index is -0.000000426. The highest BCUT2D eigenvalue weighted by atomic mass is 16.1. The summed E-state index contributed by atoms with van der Waals surface area (Å²) in [6, 6.07) is 3.37. The summed E-state index contributed by atoms with van der Waals surface area (Å²) in [7, 11) is 0. The van der Waals surface area contributed by atoms with Crippen molar-refractivity contribution in [1.29, 1.82) is 0 Å². The van der Waals surface area contributed by atoms with Crippen molar-refractivity contribution in [2.45, 2.75) is 516 Å². The summed E-state index contributed by atoms with van der Waals surface area (Å²) in [6.45, 7) is 105. The lowest BCUT2D eigenvalue weighted by Gasteiger charge is -2.37. The lowest BCUT2D eigenvalue weighted by Crippen LogP contribution is -2.57. The van der Waals surface area contributed by atoms with E-state index < -0.39 is 0 Å². The van der Waals surface area contributed by atoms with E-state index in [1.165, 1.54) is 239 Å². The van der Waals surface area contributed by atoms with Crippen LogP contribution >= 0.6 is 0 Å². The summed E-state index contributed by atoms with van der Waals surface area (Å²) in [4.78, 5) is 16.5. The van der Waals surface area contributed by atoms with E-state index in [1.54, 1.807) is 0 Å². The highest BCUT2D eigenvalue weighted by molar-refractivity contribution is 5.80. The molecule has 0 aromatic rings. The Morgan fingerprint density at radius 3 is 0.720 bits per heavy atom. The van der Waals surface area contributed by atoms with Gasteiger partial charge in [0.15, 0.2) is 0 Å². The summed E-state index contributed by atoms with van der Waals surface area (Å²) in [5, 5.41) is 48.7. The van der Waals surface area contributed by atoms with Crippen LogP contribution in [-0.2, 0) is 4.79 Å². The molecule has 0 aromatic carbocycles. The Morgan fingerprint density at radius 1 is 0.263 bits per heavy atom. The highest BCUT2D eigenvalue weighted by Gasteiger charge is 2.26. The topological polar surface area (TPSA) is 192 Å². The molecule has 2 rings (SSSR count). The fourth-order valence-corrected chi connectivity index (χ4v) is 13.4. The number of hydrogen-bond donors (Lipinski definition) is 14. The summed E-state index contributed by atoms with van der Waals surface area (Å²) >= 11 is 0. The maximum atomic E-state index is 11.2. The molecule has 17 nitrogen and oxygen atoms in total. The number of nitrogens with one attached hydrogen (secondary N) is 14. The number of rotatable bonds is 54. The van der Waals surface area contributed by atoms with Gasteiger partial charge in [0, 0.05) is 132 Å². The summed E-state index contributed by atoms with van der Waals surface area (Å²) < 4.78 is 0. The largest absolute Gasteiger partial charge is 0.314 e. The first-order valence-corrected chi connectivity index (χ1v) is 49.6. The number of piperazine rings is 1. The van der Waals surface area contributed by atoms with E-state index in [0.717, 1.165) is 51.1 Å². The van der Waals surface area contributed by atoms with Gasteiger partial charge < -0.3 is 84.2 Å². The third-order valence-corrected chi connectivity index (χ3v) is 19.9. The summed E-state index contributed by atoms with van der Waals surface area (Å²) in [6.07, 6.45) is 35.1. The molecule has 118 heavy (non-hydrogen) atoms. The standard InChI is InChI=1S/C20H44N2.C18H40N4.C18H40N2.C14H30N2.C12H28N2.C10H22N2O.C9H22N2/c1-19(2,3)21-17-15-13-11-9-7-8-10-12-14-16-18-22-20(4,5)6;1-17(2,3)19-9-7-11-21-13-15-22(16-14-21)12-8-10-20-18(4,5)6;1-17(2,3)19-15-13-11-9-7-8-10-12-14-16-20-18(4,5)6;1-11(2)15-9-13-5-7-14(8-6-13)10-16-12(3)4;1-10(2,3)13-9-12(7,8)14-11(4,5)6;1-8(2)11-6-5-10(13)7-12-9(3)4;1-8(2)10-6-5-7-11-9(3)4/h21-22H,7-18H2,1-6H3;19-20H,7-16H2,1-6H3;19-20H,7-16H2,1-6H3;11-16H,5-10H2,1-4H3;13-14H,9H2,1-8H3;8-9,11-12H,5-7H2,1-4H3;8-11H,5-7H2,1-4H3. The molecule has 0 atom stereocenters. The number of ketones is 1. The van der Waals surface area contributed by atoms with Crippen molar-refractivity contribution in [1.82, 2.24) is 84.2 Å². The van der Waals surface area contributed by atoms with Crippen molar-refractivity contribution < 1.29 is 4.79 Å². The number of hydrogen-bond acceptors (Lipinski definition) is 17. The van der Waals surface area contributed by atoms with Crippen molar-refractivity contribution in [2.24, 2.45) is 11.8 Å². The summed E-state index contributed by atoms with van der Waals surface area (Å²) in [5.41, 5.74) is 2.11. The number of nitrogens with zero attached hydrogens (tertiary/aromatic N) is 2. The molecule has 1 heterocycles. The molecule has 0 bridgehead atoms. The van der Waals surface area contributed by atoms with Crippen LogP contribution in [0.15, 0.2) is 0 Å². The van der Waals surface area contributed by atoms with Crippen LogP contribution in [0.5, 0.6) is 0 Å². The van der Waals surface area contributed by atoms with Gasteiger partial charge in [0.05, 0.1) is 6.54 Å². The second kappa shape index (κ2) is 73.0. The van der Waals surface area contributed by atoms with E-state index in [9.17, 15) is 4.79 Å². The quantitative estimate of drug-likeness (QED) is 0.0257. The maximum absolute atomic E-state index is 11.2. The van der Waals surface area contributed by atoms with Crippen molar-refractivity contribution in [2.75, 3.05) is 124 Å². The Bertz CT molecular complexity index is 2000. The molecule has 0 unspecified atom stereocenters. The number of carbonyl (C=O) groups is 1. The molecule has 0 amide bonds. The molecular formula is C101H226N16O. The monoisotopic (exact) mass is 1680 g/mol. The van der Waals surface area contributed by atoms with Crippen LogP contribution < -0.4 is 74.4 Å². The van der Waals surface area contributed by atoms with Crippen LogP contribution in [-0.4, -0.2) is 226 Å². The number of Topliss-reactive ketones (excluding diaryl/α,β-unsaturated/α-hetero) is 1. The Hall–Kier alpha value is -0.970. The van der Waals surface area contributed by atoms with Gasteiger partial charge in [0.25, 0.3) is 0 Å². The molecule has 1 saturated heterocycles. The second-order valence-electron chi connectivity index (χ2n) is 46.2. The van der Waals surface area contributed by atoms with Crippen LogP contribution in [0, 0.1) is 11.8 Å². The molecule has 2 aliphatic rings. The fraction of sp³-hybridized carbons (Fsp3) is 0.990. The van der Waals surface area contributed by atoms with Crippen molar-refractivity contribution in [3.05, 3.63) is 0 Å². The lowest BCUT2D eigenvalue weighted by molar-refractivity contribution is -0.118. The van der Waals surface area contributed by atoms with Crippen molar-refractivity contribution in [3.8, 4) is 0 Å². The smallest absolute Gasteiger partial charge is 0.147 e. The molecule has 14 N–H and O–H groups in total. The summed E-state index contributed by atoms with van der Waals surface area (Å²) in [5.74, 6) is 2.14. The third kappa shape index (κ3) is 117. The van der Waals surface area contributed by atoms with Crippen LogP contribution in [0.3, 0.4) is 0 Å². The molecule has 1 aliphatic heterocycles. The molecule has 0 spiro atoms. The first kappa shape index (κ1) is 126. The minimum Gasteiger partial charge on any atom is -0.314 e. The van der Waals surface area contributed by atoms with Crippen molar-refractivity contribution in [3.63, 3.8) is 0 Å². The van der Waals surface area contributed by atoms with E-state index in [1.807, 2.05) is 13.8 Å². The van der Waals surface area contributed by atoms with Crippen LogP contribution in [0.2, 0.25) is 0 Å². The average Bonchev–Trinajstić information content (AvgIpc) is 0.881. The zero-order chi connectivity index (χ0) is 91.6. The maximum Gasteiger partial charge on any atom is 0.147 e. The van der Waals surface area contributed by atoms with Gasteiger partial charge >= 0.3 is 0 Å². The minimum atomic E-state index is 0.130. The molecule has 0 radical (unpaired) electrons. The first-order valence-electron chi connectivity index (χ1n) is 49.6.